The van der Waals surface area contributed by atoms with Gasteiger partial charge in [0.25, 0.3) is 0 Å². The van der Waals surface area contributed by atoms with E-state index >= 15 is 0 Å². The standard InChI is InChI=1S/C11H8B5F2NO/c12-10(13,14)11(15,16)19-4-6(5-19)20-8-3-1-2-7(17)9(8)18/h1-3,6H,4-5H2. The van der Waals surface area contributed by atoms with E-state index in [4.69, 9.17) is 44.0 Å². The Labute approximate surface area is 123 Å². The minimum atomic E-state index is -1.80. The second-order valence-electron chi connectivity index (χ2n) is 4.96. The quantitative estimate of drug-likeness (QED) is 0.685. The molecule has 0 bridgehead atoms. The summed E-state index contributed by atoms with van der Waals surface area (Å²) in [5.41, 5.74) is 0. The molecule has 1 aromatic carbocycles. The van der Waals surface area contributed by atoms with E-state index in [9.17, 15) is 8.78 Å². The molecule has 0 atom stereocenters. The number of likely N-dealkylation sites (tertiary alicyclic amines) is 1. The first kappa shape index (κ1) is 15.6. The van der Waals surface area contributed by atoms with Gasteiger partial charge < -0.3 is 9.64 Å². The highest BCUT2D eigenvalue weighted by atomic mass is 19.2. The normalized spacial score (nSPS) is 17.7. The van der Waals surface area contributed by atoms with Crippen molar-refractivity contribution >= 4 is 39.2 Å². The molecule has 9 heteroatoms. The van der Waals surface area contributed by atoms with E-state index in [-0.39, 0.29) is 18.8 Å². The van der Waals surface area contributed by atoms with Gasteiger partial charge in [-0.15, -0.1) is 5.11 Å². The molecule has 0 unspecified atom stereocenters. The van der Waals surface area contributed by atoms with Gasteiger partial charge in [0.1, 0.15) is 6.10 Å². The van der Waals surface area contributed by atoms with Gasteiger partial charge in [0.05, 0.1) is 39.2 Å². The van der Waals surface area contributed by atoms with E-state index in [2.05, 4.69) is 0 Å². The highest BCUT2D eigenvalue weighted by Crippen LogP contribution is 2.33. The zero-order valence-corrected chi connectivity index (χ0v) is 10.7. The van der Waals surface area contributed by atoms with Crippen LogP contribution >= 0.6 is 0 Å². The largest absolute Gasteiger partial charge is 0.485 e. The maximum absolute atomic E-state index is 13.4. The van der Waals surface area contributed by atoms with Crippen molar-refractivity contribution in [1.82, 2.24) is 4.90 Å². The highest BCUT2D eigenvalue weighted by Gasteiger charge is 2.43. The molecule has 0 N–H and O–H groups in total. The van der Waals surface area contributed by atoms with Crippen LogP contribution in [0.25, 0.3) is 0 Å². The summed E-state index contributed by atoms with van der Waals surface area (Å²) >= 11 is 0. The summed E-state index contributed by atoms with van der Waals surface area (Å²) in [5.74, 6) is -2.19. The summed E-state index contributed by atoms with van der Waals surface area (Å²) in [5, 5.41) is -3.44. The lowest BCUT2D eigenvalue weighted by atomic mass is 9.26. The average Bonchev–Trinajstić information content (AvgIpc) is 2.26. The van der Waals surface area contributed by atoms with Gasteiger partial charge in [0.2, 0.25) is 5.82 Å². The van der Waals surface area contributed by atoms with Crippen molar-refractivity contribution in [3.8, 4) is 5.75 Å². The molecular weight excluding hydrogens is 254 g/mol. The Morgan fingerprint density at radius 1 is 1.10 bits per heavy atom. The summed E-state index contributed by atoms with van der Waals surface area (Å²) in [6.45, 7) is 0.493. The van der Waals surface area contributed by atoms with Gasteiger partial charge in [-0.3, -0.25) is 0 Å². The predicted octanol–water partition coefficient (Wildman–Crippen LogP) is -0.402. The Morgan fingerprint density at radius 3 is 2.25 bits per heavy atom. The zero-order valence-electron chi connectivity index (χ0n) is 10.7. The lowest BCUT2D eigenvalue weighted by Crippen LogP contribution is -2.69. The van der Waals surface area contributed by atoms with E-state index in [0.717, 1.165) is 6.07 Å². The highest BCUT2D eigenvalue weighted by molar-refractivity contribution is 6.67. The Morgan fingerprint density at radius 2 is 1.70 bits per heavy atom. The maximum Gasteiger partial charge on any atom is 0.200 e. The number of nitrogens with zero attached hydrogens (tertiary/aromatic N) is 1. The Balaban J connectivity index is 1.96. The van der Waals surface area contributed by atoms with E-state index in [1.165, 1.54) is 17.0 Å². The van der Waals surface area contributed by atoms with Gasteiger partial charge in [-0.2, -0.15) is 4.39 Å². The third kappa shape index (κ3) is 2.78. The topological polar surface area (TPSA) is 12.5 Å². The van der Waals surface area contributed by atoms with Gasteiger partial charge in [-0.25, -0.2) is 4.39 Å². The fourth-order valence-electron chi connectivity index (χ4n) is 1.84. The molecule has 1 heterocycles. The molecule has 0 saturated carbocycles. The lowest BCUT2D eigenvalue weighted by Gasteiger charge is -2.56. The van der Waals surface area contributed by atoms with Crippen molar-refractivity contribution in [2.45, 2.75) is 16.6 Å². The molecule has 2 rings (SSSR count). The minimum absolute atomic E-state index is 0.172. The monoisotopic (exact) mass is 263 g/mol. The molecule has 0 aromatic heterocycles. The molecule has 1 aromatic rings. The van der Waals surface area contributed by atoms with Crippen LogP contribution in [0.3, 0.4) is 0 Å². The molecule has 1 saturated heterocycles. The van der Waals surface area contributed by atoms with Crippen molar-refractivity contribution in [2.75, 3.05) is 13.1 Å². The van der Waals surface area contributed by atoms with E-state index in [1.54, 1.807) is 0 Å². The Kier molecular flexibility index (Phi) is 4.02. The smallest absolute Gasteiger partial charge is 0.200 e. The van der Waals surface area contributed by atoms with Crippen LogP contribution in [0.4, 0.5) is 8.78 Å². The fourth-order valence-corrected chi connectivity index (χ4v) is 1.84. The van der Waals surface area contributed by atoms with Crippen LogP contribution in [-0.4, -0.2) is 68.7 Å². The predicted molar refractivity (Wildman–Crippen MR) is 76.5 cm³/mol. The van der Waals surface area contributed by atoms with Crippen molar-refractivity contribution in [3.05, 3.63) is 29.8 Å². The van der Waals surface area contributed by atoms with Crippen LogP contribution in [0.5, 0.6) is 5.75 Å². The second-order valence-corrected chi connectivity index (χ2v) is 4.96. The number of hydrogen-bond acceptors (Lipinski definition) is 2. The van der Waals surface area contributed by atoms with Gasteiger partial charge in [0, 0.05) is 13.1 Å². The molecule has 1 fully saturated rings. The van der Waals surface area contributed by atoms with Crippen molar-refractivity contribution in [1.29, 1.82) is 0 Å². The molecule has 0 amide bonds. The SMILES string of the molecule is [B]C([B])([B])C([B])([B])N1CC(Oc2cccc(F)c2F)C1. The zero-order chi connectivity index (χ0) is 15.1. The van der Waals surface area contributed by atoms with Crippen LogP contribution < -0.4 is 4.74 Å². The van der Waals surface area contributed by atoms with Gasteiger partial charge in [-0.1, -0.05) is 11.4 Å². The van der Waals surface area contributed by atoms with Crippen LogP contribution in [-0.2, 0) is 0 Å². The van der Waals surface area contributed by atoms with Crippen molar-refractivity contribution in [2.24, 2.45) is 0 Å². The van der Waals surface area contributed by atoms with E-state index in [0.29, 0.717) is 0 Å². The molecule has 1 aliphatic heterocycles. The summed E-state index contributed by atoms with van der Waals surface area (Å²) in [4.78, 5) is 1.49. The Hall–Kier alpha value is -0.835. The molecule has 0 aliphatic carbocycles. The molecular formula is C11H8B5F2NO. The lowest BCUT2D eigenvalue weighted by molar-refractivity contribution is -0.00270. The Bertz CT molecular complexity index is 502. The summed E-state index contributed by atoms with van der Waals surface area (Å²) in [7, 11) is 27.9. The fraction of sp³-hybridized carbons (Fsp3) is 0.455. The third-order valence-electron chi connectivity index (χ3n) is 3.27. The number of ether oxygens (including phenoxy) is 1. The molecule has 10 radical (unpaired) electrons. The van der Waals surface area contributed by atoms with Crippen molar-refractivity contribution in [3.63, 3.8) is 0 Å². The van der Waals surface area contributed by atoms with Gasteiger partial charge in [-0.05, 0) is 12.1 Å². The number of halogens is 2. The van der Waals surface area contributed by atoms with E-state index in [1.807, 2.05) is 0 Å². The van der Waals surface area contributed by atoms with E-state index < -0.39 is 28.2 Å². The molecule has 1 aliphatic rings. The molecule has 0 spiro atoms. The summed E-state index contributed by atoms with van der Waals surface area (Å²) in [6.07, 6.45) is -0.403. The van der Waals surface area contributed by atoms with Crippen LogP contribution in [0.2, 0.25) is 5.11 Å². The first-order chi connectivity index (χ1) is 9.13. The molecule has 92 valence electrons. The summed E-state index contributed by atoms with van der Waals surface area (Å²) < 4.78 is 31.7. The number of hydrogen-bond donors (Lipinski definition) is 0. The molecule has 20 heavy (non-hydrogen) atoms. The van der Waals surface area contributed by atoms with Crippen LogP contribution in [0.15, 0.2) is 18.2 Å². The van der Waals surface area contributed by atoms with Gasteiger partial charge >= 0.3 is 0 Å². The van der Waals surface area contributed by atoms with Crippen molar-refractivity contribution < 1.29 is 13.5 Å². The third-order valence-corrected chi connectivity index (χ3v) is 3.27. The van der Waals surface area contributed by atoms with Gasteiger partial charge in [0.15, 0.2) is 11.6 Å². The minimum Gasteiger partial charge on any atom is -0.485 e. The number of rotatable bonds is 4. The average molecular weight is 262 g/mol. The second kappa shape index (κ2) is 5.17. The van der Waals surface area contributed by atoms with Crippen LogP contribution in [0.1, 0.15) is 0 Å². The summed E-state index contributed by atoms with van der Waals surface area (Å²) in [6, 6.07) is 3.69. The molecule has 2 nitrogen and oxygen atoms in total. The first-order valence-corrected chi connectivity index (χ1v) is 5.93. The maximum atomic E-state index is 13.4. The number of benzene rings is 1. The first-order valence-electron chi connectivity index (χ1n) is 5.93. The van der Waals surface area contributed by atoms with Crippen LogP contribution in [0, 0.1) is 11.6 Å².